The van der Waals surface area contributed by atoms with E-state index in [0.717, 1.165) is 19.4 Å². The normalized spacial score (nSPS) is 37.5. The summed E-state index contributed by atoms with van der Waals surface area (Å²) in [6.45, 7) is 3.66. The predicted octanol–water partition coefficient (Wildman–Crippen LogP) is 0.0708. The van der Waals surface area contributed by atoms with Gasteiger partial charge in [0.1, 0.15) is 18.3 Å². The summed E-state index contributed by atoms with van der Waals surface area (Å²) in [7, 11) is 0. The highest BCUT2D eigenvalue weighted by Crippen LogP contribution is 2.27. The molecule has 5 unspecified atom stereocenters. The number of alkyl halides is 1. The molecule has 7 nitrogen and oxygen atoms in total. The fourth-order valence-electron chi connectivity index (χ4n) is 3.76. The van der Waals surface area contributed by atoms with Crippen LogP contribution >= 0.6 is 0 Å². The van der Waals surface area contributed by atoms with E-state index in [4.69, 9.17) is 4.84 Å². The Bertz CT molecular complexity index is 478. The molecule has 136 valence electrons. The van der Waals surface area contributed by atoms with Crippen LogP contribution in [0, 0.1) is 5.92 Å². The fraction of sp³-hybridized carbons (Fsp3) is 0.875. The number of halogens is 1. The Morgan fingerprint density at radius 2 is 2.17 bits per heavy atom. The molecule has 3 rings (SSSR count). The van der Waals surface area contributed by atoms with E-state index in [1.54, 1.807) is 0 Å². The van der Waals surface area contributed by atoms with Gasteiger partial charge >= 0.3 is 0 Å². The van der Waals surface area contributed by atoms with Crippen molar-refractivity contribution in [3.05, 3.63) is 0 Å². The molecule has 0 radical (unpaired) electrons. The molecule has 0 aromatic carbocycles. The maximum Gasteiger partial charge on any atom is 0.239 e. The van der Waals surface area contributed by atoms with E-state index < -0.39 is 18.3 Å². The molecule has 0 bridgehead atoms. The van der Waals surface area contributed by atoms with Crippen LogP contribution in [0.2, 0.25) is 0 Å². The van der Waals surface area contributed by atoms with Gasteiger partial charge < -0.3 is 5.32 Å². The van der Waals surface area contributed by atoms with Gasteiger partial charge in [-0.25, -0.2) is 9.40 Å². The summed E-state index contributed by atoms with van der Waals surface area (Å²) in [4.78, 5) is 28.6. The van der Waals surface area contributed by atoms with E-state index >= 15 is 0 Å². The minimum Gasteiger partial charge on any atom is -0.349 e. The number of hydrazine groups is 1. The van der Waals surface area contributed by atoms with E-state index in [1.807, 2.05) is 0 Å². The molecule has 0 aromatic rings. The maximum atomic E-state index is 13.5. The van der Waals surface area contributed by atoms with E-state index in [2.05, 4.69) is 21.2 Å². The fourth-order valence-corrected chi connectivity index (χ4v) is 3.76. The van der Waals surface area contributed by atoms with Crippen molar-refractivity contribution >= 4 is 11.7 Å². The van der Waals surface area contributed by atoms with E-state index in [9.17, 15) is 14.0 Å². The Kier molecular flexibility index (Phi) is 5.80. The molecule has 1 saturated carbocycles. The van der Waals surface area contributed by atoms with Crippen molar-refractivity contribution in [1.29, 1.82) is 0 Å². The molecule has 2 heterocycles. The molecule has 0 aromatic heterocycles. The summed E-state index contributed by atoms with van der Waals surface area (Å²) < 4.78 is 13.5. The monoisotopic (exact) mass is 342 g/mol. The highest BCUT2D eigenvalue weighted by Gasteiger charge is 2.35. The minimum absolute atomic E-state index is 0.0143. The number of Topliss-reactive ketones (excluding diaryl/α,β-unsaturated/α-hetero) is 1. The van der Waals surface area contributed by atoms with Crippen LogP contribution in [0.3, 0.4) is 0 Å². The highest BCUT2D eigenvalue weighted by atomic mass is 19.1. The SMILES string of the molecule is CC(=O)C1CC(C(=O)NC2CNN(CC3CCCC(F)C3)C2)NO1. The summed E-state index contributed by atoms with van der Waals surface area (Å²) in [6.07, 6.45) is 2.54. The van der Waals surface area contributed by atoms with E-state index in [1.165, 1.54) is 6.92 Å². The second-order valence-corrected chi connectivity index (χ2v) is 7.23. The van der Waals surface area contributed by atoms with Gasteiger partial charge in [-0.15, -0.1) is 0 Å². The first kappa shape index (κ1) is 17.7. The molecule has 2 saturated heterocycles. The molecule has 1 aliphatic carbocycles. The molecule has 3 aliphatic rings. The number of ketones is 1. The first-order chi connectivity index (χ1) is 11.5. The van der Waals surface area contributed by atoms with Gasteiger partial charge in [0, 0.05) is 26.1 Å². The predicted molar refractivity (Wildman–Crippen MR) is 85.5 cm³/mol. The third-order valence-corrected chi connectivity index (χ3v) is 5.12. The summed E-state index contributed by atoms with van der Waals surface area (Å²) in [5.41, 5.74) is 5.92. The lowest BCUT2D eigenvalue weighted by molar-refractivity contribution is -0.130. The van der Waals surface area contributed by atoms with Crippen LogP contribution in [0.1, 0.15) is 39.0 Å². The number of rotatable bonds is 5. The largest absolute Gasteiger partial charge is 0.349 e. The minimum atomic E-state index is -0.662. The van der Waals surface area contributed by atoms with Gasteiger partial charge in [-0.2, -0.15) is 5.48 Å². The lowest BCUT2D eigenvalue weighted by Crippen LogP contribution is -2.47. The van der Waals surface area contributed by atoms with Crippen LogP contribution < -0.4 is 16.2 Å². The molecular formula is C16H27FN4O3. The molecule has 8 heteroatoms. The number of hydrogen-bond acceptors (Lipinski definition) is 6. The van der Waals surface area contributed by atoms with Crippen molar-refractivity contribution in [2.75, 3.05) is 19.6 Å². The smallest absolute Gasteiger partial charge is 0.239 e. The molecule has 1 amide bonds. The van der Waals surface area contributed by atoms with Gasteiger partial charge in [-0.05, 0) is 32.1 Å². The van der Waals surface area contributed by atoms with Gasteiger partial charge in [-0.3, -0.25) is 19.9 Å². The van der Waals surface area contributed by atoms with Crippen molar-refractivity contribution in [2.24, 2.45) is 5.92 Å². The van der Waals surface area contributed by atoms with E-state index in [0.29, 0.717) is 38.3 Å². The number of amides is 1. The van der Waals surface area contributed by atoms with Crippen LogP contribution in [0.25, 0.3) is 0 Å². The standard InChI is InChI=1S/C16H27FN4O3/c1-10(22)15-6-14(20-24-15)16(23)19-13-7-18-21(9-13)8-11-3-2-4-12(17)5-11/h11-15,18,20H,2-9H2,1H3,(H,19,23). The second-order valence-electron chi connectivity index (χ2n) is 7.23. The third-order valence-electron chi connectivity index (χ3n) is 5.12. The molecule has 24 heavy (non-hydrogen) atoms. The average Bonchev–Trinajstić information content (AvgIpc) is 3.17. The molecule has 0 spiro atoms. The molecule has 3 fully saturated rings. The Morgan fingerprint density at radius 3 is 2.88 bits per heavy atom. The molecule has 5 atom stereocenters. The van der Waals surface area contributed by atoms with Gasteiger partial charge in [0.2, 0.25) is 5.91 Å². The van der Waals surface area contributed by atoms with Crippen LogP contribution in [0.4, 0.5) is 4.39 Å². The lowest BCUT2D eigenvalue weighted by Gasteiger charge is -2.28. The van der Waals surface area contributed by atoms with E-state index in [-0.39, 0.29) is 17.7 Å². The average molecular weight is 342 g/mol. The Morgan fingerprint density at radius 1 is 1.33 bits per heavy atom. The van der Waals surface area contributed by atoms with Crippen molar-refractivity contribution in [2.45, 2.75) is 63.4 Å². The van der Waals surface area contributed by atoms with Crippen molar-refractivity contribution in [1.82, 2.24) is 21.2 Å². The number of carbonyl (C=O) groups excluding carboxylic acids is 2. The first-order valence-electron chi connectivity index (χ1n) is 8.85. The van der Waals surface area contributed by atoms with Gasteiger partial charge in [-0.1, -0.05) is 6.42 Å². The summed E-state index contributed by atoms with van der Waals surface area (Å²) in [5.74, 6) is 0.163. The number of hydrogen-bond donors (Lipinski definition) is 3. The number of carbonyl (C=O) groups is 2. The Balaban J connectivity index is 1.40. The molecule has 2 aliphatic heterocycles. The highest BCUT2D eigenvalue weighted by molar-refractivity contribution is 5.85. The number of nitrogens with zero attached hydrogens (tertiary/aromatic N) is 1. The Labute approximate surface area is 141 Å². The van der Waals surface area contributed by atoms with Gasteiger partial charge in [0.25, 0.3) is 0 Å². The van der Waals surface area contributed by atoms with Gasteiger partial charge in [0.15, 0.2) is 5.78 Å². The quantitative estimate of drug-likeness (QED) is 0.656. The Hall–Kier alpha value is -1.09. The molecule has 3 N–H and O–H groups in total. The van der Waals surface area contributed by atoms with Crippen molar-refractivity contribution < 1.29 is 18.8 Å². The zero-order valence-electron chi connectivity index (χ0n) is 14.1. The van der Waals surface area contributed by atoms with Crippen LogP contribution in [-0.2, 0) is 14.4 Å². The van der Waals surface area contributed by atoms with Gasteiger partial charge in [0.05, 0.1) is 6.04 Å². The van der Waals surface area contributed by atoms with Crippen molar-refractivity contribution in [3.63, 3.8) is 0 Å². The zero-order chi connectivity index (χ0) is 17.1. The summed E-state index contributed by atoms with van der Waals surface area (Å²) in [5, 5.41) is 5.07. The number of hydroxylamine groups is 1. The summed E-state index contributed by atoms with van der Waals surface area (Å²) >= 11 is 0. The second kappa shape index (κ2) is 7.86. The zero-order valence-corrected chi connectivity index (χ0v) is 14.1. The summed E-state index contributed by atoms with van der Waals surface area (Å²) in [6, 6.07) is -0.473. The van der Waals surface area contributed by atoms with Crippen LogP contribution in [0.5, 0.6) is 0 Å². The topological polar surface area (TPSA) is 82.7 Å². The maximum absolute atomic E-state index is 13.5. The number of nitrogens with one attached hydrogen (secondary N) is 3. The third kappa shape index (κ3) is 4.50. The first-order valence-corrected chi connectivity index (χ1v) is 8.85. The van der Waals surface area contributed by atoms with Crippen LogP contribution in [-0.4, -0.2) is 60.7 Å². The van der Waals surface area contributed by atoms with Crippen LogP contribution in [0.15, 0.2) is 0 Å². The lowest BCUT2D eigenvalue weighted by atomic mass is 9.88. The molecular weight excluding hydrogens is 315 g/mol. The van der Waals surface area contributed by atoms with Crippen molar-refractivity contribution in [3.8, 4) is 0 Å².